The predicted octanol–water partition coefficient (Wildman–Crippen LogP) is 22.0. The summed E-state index contributed by atoms with van der Waals surface area (Å²) in [5.41, 5.74) is 0. The van der Waals surface area contributed by atoms with Crippen LogP contribution in [0.15, 0.2) is 134 Å². The van der Waals surface area contributed by atoms with Crippen LogP contribution < -0.4 is 0 Å². The first kappa shape index (κ1) is 80.2. The molecule has 0 aromatic heterocycles. The Morgan fingerprint density at radius 2 is 0.643 bits per heavy atom. The van der Waals surface area contributed by atoms with E-state index in [1.54, 1.807) is 0 Å². The summed E-state index contributed by atoms with van der Waals surface area (Å²) in [5, 5.41) is 0. The van der Waals surface area contributed by atoms with Crippen LogP contribution in [0, 0.1) is 0 Å². The van der Waals surface area contributed by atoms with Crippen molar-refractivity contribution in [1.29, 1.82) is 0 Å². The number of allylic oxidation sites excluding steroid dienone is 22. The molecule has 0 saturated heterocycles. The average molecular weight is 1190 g/mol. The first-order valence-electron chi connectivity index (χ1n) is 33.9. The highest BCUT2D eigenvalue weighted by Crippen LogP contribution is 2.43. The number of hydrogen-bond donors (Lipinski definition) is 1. The van der Waals surface area contributed by atoms with E-state index < -0.39 is 26.5 Å². The summed E-state index contributed by atoms with van der Waals surface area (Å²) in [5.74, 6) is -0.805. The molecule has 0 heterocycles. The maximum Gasteiger partial charge on any atom is 0.472 e. The summed E-state index contributed by atoms with van der Waals surface area (Å²) in [6.07, 6.45) is 92.6. The molecule has 0 fully saturated rings. The van der Waals surface area contributed by atoms with Crippen LogP contribution in [-0.4, -0.2) is 74.9 Å². The molecular formula is C74H127NO8P+. The van der Waals surface area contributed by atoms with Crippen molar-refractivity contribution in [3.05, 3.63) is 134 Å². The average Bonchev–Trinajstić information content (AvgIpc) is 3.61. The van der Waals surface area contributed by atoms with Gasteiger partial charge in [-0.1, -0.05) is 282 Å². The van der Waals surface area contributed by atoms with Gasteiger partial charge in [0.05, 0.1) is 27.7 Å². The Balaban J connectivity index is 4.08. The minimum atomic E-state index is -4.40. The lowest BCUT2D eigenvalue weighted by molar-refractivity contribution is -0.870. The molecule has 480 valence electrons. The second kappa shape index (κ2) is 63.6. The molecule has 0 aliphatic carbocycles. The van der Waals surface area contributed by atoms with Crippen molar-refractivity contribution in [2.75, 3.05) is 47.5 Å². The number of carbonyl (C=O) groups is 2. The van der Waals surface area contributed by atoms with E-state index in [0.29, 0.717) is 17.4 Å². The van der Waals surface area contributed by atoms with Gasteiger partial charge in [0.25, 0.3) is 0 Å². The molecule has 0 radical (unpaired) electrons. The molecule has 9 nitrogen and oxygen atoms in total. The van der Waals surface area contributed by atoms with E-state index >= 15 is 0 Å². The molecule has 0 bridgehead atoms. The summed E-state index contributed by atoms with van der Waals surface area (Å²) < 4.78 is 34.7. The number of hydrogen-bond acceptors (Lipinski definition) is 7. The molecule has 0 aromatic rings. The zero-order chi connectivity index (χ0) is 61.2. The van der Waals surface area contributed by atoms with E-state index in [4.69, 9.17) is 18.5 Å². The lowest BCUT2D eigenvalue weighted by Crippen LogP contribution is -2.37. The zero-order valence-electron chi connectivity index (χ0n) is 54.6. The summed E-state index contributed by atoms with van der Waals surface area (Å²) in [4.78, 5) is 35.9. The SMILES string of the molecule is CC/C=C\C/C=C\C/C=C\C/C=C\C/C=C\C/C=C\CCCCCCCCCCCCCCCCCCC(=O)OC(COC(=O)CCCCCCCCCCC/C=C\C/C=C\C/C=C\C/C=C\C/C=C\CC)COP(=O)(O)OCC[N+](C)(C)C. The highest BCUT2D eigenvalue weighted by molar-refractivity contribution is 7.47. The standard InChI is InChI=1S/C74H126NO8P/c1-6-8-10-12-14-16-18-20-22-24-26-28-30-32-33-34-35-36-37-38-39-40-41-43-45-47-49-51-53-55-57-59-61-63-65-67-74(77)83-72(71-82-84(78,79)81-69-68-75(3,4)5)70-80-73(76)66-64-62-60-58-56-54-52-50-48-46-44-42-31-29-27-25-23-21-19-17-15-13-11-9-7-2/h8-11,14-17,20-23,26-29,32-33,35-36,42,44,72H,6-7,12-13,18-19,24-25,30-31,34,37-41,43,45-71H2,1-5H3/p+1/b10-8-,11-9-,16-14-,17-15-,22-20-,23-21-,28-26-,29-27-,33-32-,36-35-,44-42-. The summed E-state index contributed by atoms with van der Waals surface area (Å²) in [7, 11) is 1.46. The lowest BCUT2D eigenvalue weighted by Gasteiger charge is -2.24. The van der Waals surface area contributed by atoms with Crippen LogP contribution in [-0.2, 0) is 32.7 Å². The molecule has 0 aliphatic heterocycles. The van der Waals surface area contributed by atoms with Crippen molar-refractivity contribution in [2.24, 2.45) is 0 Å². The number of ether oxygens (including phenoxy) is 2. The highest BCUT2D eigenvalue weighted by atomic mass is 31.2. The van der Waals surface area contributed by atoms with Gasteiger partial charge in [0.2, 0.25) is 0 Å². The van der Waals surface area contributed by atoms with E-state index in [9.17, 15) is 19.0 Å². The second-order valence-corrected chi connectivity index (χ2v) is 24.9. The van der Waals surface area contributed by atoms with Gasteiger partial charge in [0, 0.05) is 12.8 Å². The zero-order valence-corrected chi connectivity index (χ0v) is 55.5. The molecule has 2 atom stereocenters. The van der Waals surface area contributed by atoms with Gasteiger partial charge >= 0.3 is 19.8 Å². The Labute approximate surface area is 517 Å². The largest absolute Gasteiger partial charge is 0.472 e. The van der Waals surface area contributed by atoms with Crippen LogP contribution in [0.5, 0.6) is 0 Å². The third-order valence-electron chi connectivity index (χ3n) is 14.2. The minimum absolute atomic E-state index is 0.0254. The predicted molar refractivity (Wildman–Crippen MR) is 362 cm³/mol. The summed E-state index contributed by atoms with van der Waals surface area (Å²) in [6, 6.07) is 0. The van der Waals surface area contributed by atoms with Gasteiger partial charge in [0.1, 0.15) is 19.8 Å². The van der Waals surface area contributed by atoms with Crippen LogP contribution in [0.3, 0.4) is 0 Å². The molecule has 1 N–H and O–H groups in total. The number of esters is 2. The van der Waals surface area contributed by atoms with Gasteiger partial charge in [-0.05, 0) is 109 Å². The fourth-order valence-electron chi connectivity index (χ4n) is 9.05. The highest BCUT2D eigenvalue weighted by Gasteiger charge is 2.27. The number of rotatable bonds is 61. The van der Waals surface area contributed by atoms with Gasteiger partial charge < -0.3 is 18.9 Å². The third-order valence-corrected chi connectivity index (χ3v) is 15.2. The van der Waals surface area contributed by atoms with Crippen molar-refractivity contribution >= 4 is 19.8 Å². The Hall–Kier alpha value is -3.85. The third kappa shape index (κ3) is 67.3. The number of quaternary nitrogens is 1. The normalized spacial score (nSPS) is 14.0. The molecule has 0 aromatic carbocycles. The van der Waals surface area contributed by atoms with Crippen molar-refractivity contribution in [1.82, 2.24) is 0 Å². The van der Waals surface area contributed by atoms with Gasteiger partial charge in [-0.2, -0.15) is 0 Å². The first-order chi connectivity index (χ1) is 41.0. The van der Waals surface area contributed by atoms with Crippen LogP contribution in [0.1, 0.15) is 271 Å². The van der Waals surface area contributed by atoms with E-state index in [0.717, 1.165) is 122 Å². The van der Waals surface area contributed by atoms with Crippen molar-refractivity contribution in [3.8, 4) is 0 Å². The number of phosphoric ester groups is 1. The number of unbranched alkanes of at least 4 members (excludes halogenated alkanes) is 25. The topological polar surface area (TPSA) is 108 Å². The smallest absolute Gasteiger partial charge is 0.462 e. The second-order valence-electron chi connectivity index (χ2n) is 23.4. The Morgan fingerprint density at radius 1 is 0.369 bits per heavy atom. The maximum atomic E-state index is 12.9. The molecule has 10 heteroatoms. The first-order valence-corrected chi connectivity index (χ1v) is 35.4. The molecular weight excluding hydrogens is 1060 g/mol. The Morgan fingerprint density at radius 3 is 0.952 bits per heavy atom. The fourth-order valence-corrected chi connectivity index (χ4v) is 9.79. The van der Waals surface area contributed by atoms with E-state index in [1.807, 2.05) is 21.1 Å². The lowest BCUT2D eigenvalue weighted by atomic mass is 10.0. The molecule has 0 spiro atoms. The van der Waals surface area contributed by atoms with Crippen molar-refractivity contribution in [2.45, 2.75) is 277 Å². The monoisotopic (exact) mass is 1190 g/mol. The fraction of sp³-hybridized carbons (Fsp3) is 0.676. The summed E-state index contributed by atoms with van der Waals surface area (Å²) >= 11 is 0. The molecule has 2 unspecified atom stereocenters. The minimum Gasteiger partial charge on any atom is -0.462 e. The number of likely N-dealkylation sites (N-methyl/N-ethyl adjacent to an activating group) is 1. The molecule has 0 amide bonds. The summed E-state index contributed by atoms with van der Waals surface area (Å²) in [6.45, 7) is 4.21. The van der Waals surface area contributed by atoms with E-state index in [2.05, 4.69) is 148 Å². The quantitative estimate of drug-likeness (QED) is 0.0211. The molecule has 84 heavy (non-hydrogen) atoms. The van der Waals surface area contributed by atoms with Crippen molar-refractivity contribution in [3.63, 3.8) is 0 Å². The van der Waals surface area contributed by atoms with E-state index in [-0.39, 0.29) is 32.0 Å². The molecule has 0 saturated carbocycles. The van der Waals surface area contributed by atoms with Crippen molar-refractivity contribution < 1.29 is 42.1 Å². The number of phosphoric acid groups is 1. The van der Waals surface area contributed by atoms with Crippen LogP contribution in [0.4, 0.5) is 0 Å². The van der Waals surface area contributed by atoms with Gasteiger partial charge in [-0.3, -0.25) is 18.6 Å². The van der Waals surface area contributed by atoms with Gasteiger partial charge in [-0.15, -0.1) is 0 Å². The maximum absolute atomic E-state index is 12.9. The number of nitrogens with zero attached hydrogens (tertiary/aromatic N) is 1. The van der Waals surface area contributed by atoms with Gasteiger partial charge in [0.15, 0.2) is 6.10 Å². The van der Waals surface area contributed by atoms with Crippen LogP contribution >= 0.6 is 7.82 Å². The van der Waals surface area contributed by atoms with Gasteiger partial charge in [-0.25, -0.2) is 4.57 Å². The molecule has 0 rings (SSSR count). The Bertz CT molecular complexity index is 1880. The number of carbonyl (C=O) groups excluding carboxylic acids is 2. The van der Waals surface area contributed by atoms with Crippen LogP contribution in [0.2, 0.25) is 0 Å². The Kier molecular flexibility index (Phi) is 60.7. The van der Waals surface area contributed by atoms with E-state index in [1.165, 1.54) is 116 Å². The van der Waals surface area contributed by atoms with Crippen LogP contribution in [0.25, 0.3) is 0 Å². The molecule has 0 aliphatic rings.